The maximum atomic E-state index is 11.4. The predicted octanol–water partition coefficient (Wildman–Crippen LogP) is 1.21. The number of hydrogen-bond donors (Lipinski definition) is 0. The van der Waals surface area contributed by atoms with E-state index in [1.165, 1.54) is 10.9 Å². The van der Waals surface area contributed by atoms with Crippen molar-refractivity contribution in [1.29, 1.82) is 0 Å². The van der Waals surface area contributed by atoms with Gasteiger partial charge in [-0.1, -0.05) is 5.92 Å². The number of carbonyl (C=O) groups is 1. The van der Waals surface area contributed by atoms with Crippen LogP contribution in [-0.4, -0.2) is 21.4 Å². The molecule has 1 aromatic heterocycles. The first kappa shape index (κ1) is 11.3. The van der Waals surface area contributed by atoms with E-state index in [4.69, 9.17) is 11.2 Å². The molecule has 0 saturated carbocycles. The van der Waals surface area contributed by atoms with Crippen molar-refractivity contribution in [2.75, 3.05) is 0 Å². The summed E-state index contributed by atoms with van der Waals surface area (Å²) in [5.74, 6) is 2.11. The lowest BCUT2D eigenvalue weighted by Crippen LogP contribution is -2.26. The summed E-state index contributed by atoms with van der Waals surface area (Å²) in [5.41, 5.74) is 0.178. The van der Waals surface area contributed by atoms with Crippen LogP contribution in [0.2, 0.25) is 0 Å². The highest BCUT2D eigenvalue weighted by molar-refractivity contribution is 5.69. The molecule has 0 unspecified atom stereocenters. The van der Waals surface area contributed by atoms with Crippen LogP contribution in [0.3, 0.4) is 0 Å². The van der Waals surface area contributed by atoms with Crippen LogP contribution in [0.25, 0.3) is 0 Å². The zero-order valence-electron chi connectivity index (χ0n) is 9.15. The molecule has 0 saturated heterocycles. The zero-order valence-corrected chi connectivity index (χ0v) is 9.15. The summed E-state index contributed by atoms with van der Waals surface area (Å²) in [6.45, 7) is 5.54. The molecule has 0 spiro atoms. The predicted molar refractivity (Wildman–Crippen MR) is 56.0 cm³/mol. The summed E-state index contributed by atoms with van der Waals surface area (Å²) in [5, 5.41) is 3.93. The van der Waals surface area contributed by atoms with Crippen molar-refractivity contribution in [2.24, 2.45) is 0 Å². The van der Waals surface area contributed by atoms with Gasteiger partial charge in [0.2, 0.25) is 0 Å². The molecule has 0 aliphatic rings. The summed E-state index contributed by atoms with van der Waals surface area (Å²) in [7, 11) is 0. The summed E-state index contributed by atoms with van der Waals surface area (Å²) in [4.78, 5) is 11.4. The van der Waals surface area contributed by atoms with Gasteiger partial charge in [-0.25, -0.2) is 0 Å². The Morgan fingerprint density at radius 1 is 1.67 bits per heavy atom. The number of carbonyl (C=O) groups excluding carboxylic acids is 1. The number of terminal acetylenes is 1. The van der Waals surface area contributed by atoms with Crippen molar-refractivity contribution in [3.8, 4) is 12.3 Å². The highest BCUT2D eigenvalue weighted by atomic mass is 16.6. The summed E-state index contributed by atoms with van der Waals surface area (Å²) < 4.78 is 6.59. The van der Waals surface area contributed by atoms with Crippen molar-refractivity contribution in [3.05, 3.63) is 18.0 Å². The number of rotatable bonds is 2. The molecule has 0 aliphatic heterocycles. The summed E-state index contributed by atoms with van der Waals surface area (Å²) in [6.07, 6.45) is 8.34. The minimum absolute atomic E-state index is 0.0823. The van der Waals surface area contributed by atoms with Gasteiger partial charge in [0.05, 0.1) is 11.8 Å². The van der Waals surface area contributed by atoms with Crippen LogP contribution in [0.15, 0.2) is 12.4 Å². The first-order valence-corrected chi connectivity index (χ1v) is 4.61. The van der Waals surface area contributed by atoms with E-state index in [-0.39, 0.29) is 12.5 Å². The average Bonchev–Trinajstić information content (AvgIpc) is 2.48. The molecule has 0 atom stereocenters. The standard InChI is InChI=1S/C11H14N2O2/c1-5-9-6-12-13(7-9)8-10(14)15-11(2,3)4/h1,6-7H,8H2,2-4H3. The van der Waals surface area contributed by atoms with E-state index < -0.39 is 5.60 Å². The van der Waals surface area contributed by atoms with E-state index in [1.54, 1.807) is 6.20 Å². The lowest BCUT2D eigenvalue weighted by atomic mass is 10.2. The molecule has 1 rings (SSSR count). The van der Waals surface area contributed by atoms with Crippen molar-refractivity contribution >= 4 is 5.97 Å². The molecular formula is C11H14N2O2. The van der Waals surface area contributed by atoms with E-state index in [0.717, 1.165) is 0 Å². The fourth-order valence-electron chi connectivity index (χ4n) is 1.03. The molecule has 4 nitrogen and oxygen atoms in total. The van der Waals surface area contributed by atoms with Crippen LogP contribution in [0.1, 0.15) is 26.3 Å². The third-order valence-electron chi connectivity index (χ3n) is 1.51. The van der Waals surface area contributed by atoms with Crippen LogP contribution in [0.5, 0.6) is 0 Å². The molecule has 0 aliphatic carbocycles. The third kappa shape index (κ3) is 3.86. The van der Waals surface area contributed by atoms with Gasteiger partial charge in [0.25, 0.3) is 0 Å². The topological polar surface area (TPSA) is 44.1 Å². The summed E-state index contributed by atoms with van der Waals surface area (Å²) >= 11 is 0. The largest absolute Gasteiger partial charge is 0.459 e. The Kier molecular flexibility index (Phi) is 3.15. The van der Waals surface area contributed by atoms with Gasteiger partial charge in [-0.05, 0) is 20.8 Å². The molecule has 0 fully saturated rings. The maximum Gasteiger partial charge on any atom is 0.328 e. The molecule has 80 valence electrons. The van der Waals surface area contributed by atoms with E-state index in [9.17, 15) is 4.79 Å². The Morgan fingerprint density at radius 3 is 2.80 bits per heavy atom. The first-order valence-electron chi connectivity index (χ1n) is 4.61. The Bertz CT molecular complexity index is 393. The Hall–Kier alpha value is -1.76. The fraction of sp³-hybridized carbons (Fsp3) is 0.455. The van der Waals surface area contributed by atoms with Gasteiger partial charge in [-0.2, -0.15) is 5.10 Å². The molecule has 0 radical (unpaired) electrons. The van der Waals surface area contributed by atoms with E-state index in [2.05, 4.69) is 11.0 Å². The van der Waals surface area contributed by atoms with Crippen molar-refractivity contribution < 1.29 is 9.53 Å². The summed E-state index contributed by atoms with van der Waals surface area (Å²) in [6, 6.07) is 0. The van der Waals surface area contributed by atoms with Crippen LogP contribution < -0.4 is 0 Å². The van der Waals surface area contributed by atoms with Crippen LogP contribution in [0, 0.1) is 12.3 Å². The minimum Gasteiger partial charge on any atom is -0.459 e. The minimum atomic E-state index is -0.473. The quantitative estimate of drug-likeness (QED) is 0.539. The van der Waals surface area contributed by atoms with Gasteiger partial charge in [-0.15, -0.1) is 6.42 Å². The van der Waals surface area contributed by atoms with Gasteiger partial charge >= 0.3 is 5.97 Å². The lowest BCUT2D eigenvalue weighted by Gasteiger charge is -2.19. The van der Waals surface area contributed by atoms with Gasteiger partial charge in [0.15, 0.2) is 0 Å². The van der Waals surface area contributed by atoms with Crippen molar-refractivity contribution in [1.82, 2.24) is 9.78 Å². The highest BCUT2D eigenvalue weighted by Crippen LogP contribution is 2.07. The SMILES string of the molecule is C#Cc1cnn(CC(=O)OC(C)(C)C)c1. The number of aromatic nitrogens is 2. The van der Waals surface area contributed by atoms with Crippen molar-refractivity contribution in [2.45, 2.75) is 32.9 Å². The normalized spacial score (nSPS) is 10.8. The molecule has 0 amide bonds. The van der Waals surface area contributed by atoms with Gasteiger partial charge < -0.3 is 4.74 Å². The third-order valence-corrected chi connectivity index (χ3v) is 1.51. The fourth-order valence-corrected chi connectivity index (χ4v) is 1.03. The van der Waals surface area contributed by atoms with Gasteiger partial charge in [-0.3, -0.25) is 9.48 Å². The molecule has 0 aromatic carbocycles. The molecular weight excluding hydrogens is 192 g/mol. The second kappa shape index (κ2) is 4.18. The molecule has 0 N–H and O–H groups in total. The monoisotopic (exact) mass is 206 g/mol. The van der Waals surface area contributed by atoms with Gasteiger partial charge in [0, 0.05) is 6.20 Å². The van der Waals surface area contributed by atoms with Crippen LogP contribution in [-0.2, 0) is 16.1 Å². The lowest BCUT2D eigenvalue weighted by molar-refractivity contribution is -0.155. The molecule has 1 aromatic rings. The number of hydrogen-bond acceptors (Lipinski definition) is 3. The number of esters is 1. The number of ether oxygens (including phenoxy) is 1. The van der Waals surface area contributed by atoms with Gasteiger partial charge in [0.1, 0.15) is 12.1 Å². The molecule has 0 bridgehead atoms. The molecule has 1 heterocycles. The zero-order chi connectivity index (χ0) is 11.5. The van der Waals surface area contributed by atoms with E-state index >= 15 is 0 Å². The smallest absolute Gasteiger partial charge is 0.328 e. The Morgan fingerprint density at radius 2 is 2.33 bits per heavy atom. The average molecular weight is 206 g/mol. The van der Waals surface area contributed by atoms with E-state index in [0.29, 0.717) is 5.56 Å². The molecule has 15 heavy (non-hydrogen) atoms. The second-order valence-electron chi connectivity index (χ2n) is 4.16. The van der Waals surface area contributed by atoms with Crippen molar-refractivity contribution in [3.63, 3.8) is 0 Å². The molecule has 4 heteroatoms. The Balaban J connectivity index is 2.56. The Labute approximate surface area is 89.2 Å². The number of nitrogens with zero attached hydrogens (tertiary/aromatic N) is 2. The first-order chi connectivity index (χ1) is 6.90. The van der Waals surface area contributed by atoms with E-state index in [1.807, 2.05) is 20.8 Å². The highest BCUT2D eigenvalue weighted by Gasteiger charge is 2.16. The van der Waals surface area contributed by atoms with Crippen LogP contribution >= 0.6 is 0 Å². The maximum absolute atomic E-state index is 11.4. The van der Waals surface area contributed by atoms with Crippen LogP contribution in [0.4, 0.5) is 0 Å². The second-order valence-corrected chi connectivity index (χ2v) is 4.16.